The molecule has 0 bridgehead atoms. The fourth-order valence-corrected chi connectivity index (χ4v) is 3.32. The number of hydrogen-bond acceptors (Lipinski definition) is 4. The molecule has 0 radical (unpaired) electrons. The molecule has 6 heteroatoms. The Balaban J connectivity index is 1.57. The Morgan fingerprint density at radius 3 is 2.60 bits per heavy atom. The molecule has 0 saturated heterocycles. The van der Waals surface area contributed by atoms with Gasteiger partial charge >= 0.3 is 0 Å². The maximum absolute atomic E-state index is 12.4. The number of allylic oxidation sites excluding steroid dienone is 1. The fourth-order valence-electron chi connectivity index (χ4n) is 2.96. The van der Waals surface area contributed by atoms with Crippen LogP contribution in [0.3, 0.4) is 0 Å². The SMILES string of the molecule is N#C/C(=C\c1ccc(OCc2ccccc2)cc1)c1nc2ccc(Br)cc2c(=O)[nH]1. The molecule has 0 aliphatic heterocycles. The average Bonchev–Trinajstić information content (AvgIpc) is 2.78. The Morgan fingerprint density at radius 1 is 1.10 bits per heavy atom. The van der Waals surface area contributed by atoms with Crippen molar-refractivity contribution in [1.29, 1.82) is 5.26 Å². The minimum absolute atomic E-state index is 0.238. The van der Waals surface area contributed by atoms with Crippen LogP contribution in [-0.2, 0) is 6.61 Å². The van der Waals surface area contributed by atoms with Crippen LogP contribution in [-0.4, -0.2) is 9.97 Å². The van der Waals surface area contributed by atoms with Crippen LogP contribution < -0.4 is 10.3 Å². The molecule has 0 unspecified atom stereocenters. The molecule has 0 atom stereocenters. The first-order chi connectivity index (χ1) is 14.6. The second-order valence-corrected chi connectivity index (χ2v) is 7.50. The maximum Gasteiger partial charge on any atom is 0.259 e. The van der Waals surface area contributed by atoms with E-state index in [-0.39, 0.29) is 17.0 Å². The highest BCUT2D eigenvalue weighted by molar-refractivity contribution is 9.10. The first kappa shape index (κ1) is 19.6. The van der Waals surface area contributed by atoms with Crippen LogP contribution in [0.2, 0.25) is 0 Å². The normalized spacial score (nSPS) is 11.3. The molecule has 1 aromatic heterocycles. The van der Waals surface area contributed by atoms with Crippen LogP contribution in [0.5, 0.6) is 5.75 Å². The molecule has 5 nitrogen and oxygen atoms in total. The third-order valence-corrected chi connectivity index (χ3v) is 4.98. The number of rotatable bonds is 5. The van der Waals surface area contributed by atoms with Crippen molar-refractivity contribution in [1.82, 2.24) is 9.97 Å². The molecule has 4 rings (SSSR count). The average molecular weight is 458 g/mol. The first-order valence-corrected chi connectivity index (χ1v) is 10.0. The molecule has 0 amide bonds. The summed E-state index contributed by atoms with van der Waals surface area (Å²) >= 11 is 3.35. The lowest BCUT2D eigenvalue weighted by Crippen LogP contribution is -2.11. The molecular formula is C24H16BrN3O2. The molecule has 3 aromatic carbocycles. The quantitative estimate of drug-likeness (QED) is 0.410. The molecule has 30 heavy (non-hydrogen) atoms. The van der Waals surface area contributed by atoms with E-state index in [9.17, 15) is 10.1 Å². The van der Waals surface area contributed by atoms with Gasteiger partial charge in [0.2, 0.25) is 0 Å². The summed E-state index contributed by atoms with van der Waals surface area (Å²) in [6.07, 6.45) is 1.68. The summed E-state index contributed by atoms with van der Waals surface area (Å²) < 4.78 is 6.58. The van der Waals surface area contributed by atoms with E-state index in [4.69, 9.17) is 4.74 Å². The first-order valence-electron chi connectivity index (χ1n) is 9.21. The number of aromatic amines is 1. The second kappa shape index (κ2) is 8.76. The lowest BCUT2D eigenvalue weighted by atomic mass is 10.1. The van der Waals surface area contributed by atoms with E-state index in [0.717, 1.165) is 21.3 Å². The van der Waals surface area contributed by atoms with Crippen LogP contribution in [0.1, 0.15) is 17.0 Å². The Hall–Kier alpha value is -3.69. The summed E-state index contributed by atoms with van der Waals surface area (Å²) in [6, 6.07) is 24.7. The number of hydrogen-bond donors (Lipinski definition) is 1. The molecule has 1 N–H and O–H groups in total. The van der Waals surface area contributed by atoms with Gasteiger partial charge in [0.05, 0.1) is 16.5 Å². The standard InChI is InChI=1S/C24H16BrN3O2/c25-19-8-11-22-21(13-19)24(29)28-23(27-22)18(14-26)12-16-6-9-20(10-7-16)30-15-17-4-2-1-3-5-17/h1-13H,15H2,(H,27,28,29)/b18-12+. The van der Waals surface area contributed by atoms with Crippen molar-refractivity contribution in [3.63, 3.8) is 0 Å². The number of H-pyrrole nitrogens is 1. The third kappa shape index (κ3) is 4.48. The summed E-state index contributed by atoms with van der Waals surface area (Å²) in [5, 5.41) is 10.1. The van der Waals surface area contributed by atoms with Crippen LogP contribution in [0, 0.1) is 11.3 Å². The number of fused-ring (bicyclic) bond motifs is 1. The lowest BCUT2D eigenvalue weighted by Gasteiger charge is -2.07. The highest BCUT2D eigenvalue weighted by Gasteiger charge is 2.09. The van der Waals surface area contributed by atoms with Gasteiger partial charge in [-0.15, -0.1) is 0 Å². The van der Waals surface area contributed by atoms with E-state index in [0.29, 0.717) is 17.5 Å². The lowest BCUT2D eigenvalue weighted by molar-refractivity contribution is 0.306. The number of aromatic nitrogens is 2. The van der Waals surface area contributed by atoms with Gasteiger partial charge in [0.25, 0.3) is 5.56 Å². The second-order valence-electron chi connectivity index (χ2n) is 6.59. The van der Waals surface area contributed by atoms with Gasteiger partial charge in [0, 0.05) is 4.47 Å². The molecular weight excluding hydrogens is 442 g/mol. The van der Waals surface area contributed by atoms with Crippen LogP contribution in [0.15, 0.2) is 82.1 Å². The number of benzene rings is 3. The Labute approximate surface area is 181 Å². The molecule has 1 heterocycles. The van der Waals surface area contributed by atoms with E-state index >= 15 is 0 Å². The summed E-state index contributed by atoms with van der Waals surface area (Å²) in [4.78, 5) is 19.5. The van der Waals surface area contributed by atoms with Gasteiger partial charge in [-0.1, -0.05) is 58.4 Å². The van der Waals surface area contributed by atoms with E-state index in [1.165, 1.54) is 0 Å². The zero-order chi connectivity index (χ0) is 20.9. The largest absolute Gasteiger partial charge is 0.489 e. The van der Waals surface area contributed by atoms with E-state index in [2.05, 4.69) is 32.0 Å². The maximum atomic E-state index is 12.4. The topological polar surface area (TPSA) is 78.8 Å². The zero-order valence-electron chi connectivity index (χ0n) is 15.8. The summed E-state index contributed by atoms with van der Waals surface area (Å²) in [7, 11) is 0. The van der Waals surface area contributed by atoms with Gasteiger partial charge in [0.1, 0.15) is 18.4 Å². The summed E-state index contributed by atoms with van der Waals surface area (Å²) in [6.45, 7) is 0.484. The van der Waals surface area contributed by atoms with Crippen molar-refractivity contribution in [3.8, 4) is 11.8 Å². The fraction of sp³-hybridized carbons (Fsp3) is 0.0417. The Morgan fingerprint density at radius 2 is 1.87 bits per heavy atom. The third-order valence-electron chi connectivity index (χ3n) is 4.48. The Bertz CT molecular complexity index is 1320. The van der Waals surface area contributed by atoms with Crippen molar-refractivity contribution in [2.75, 3.05) is 0 Å². The molecule has 4 aromatic rings. The number of ether oxygens (including phenoxy) is 1. The molecule has 146 valence electrons. The minimum atomic E-state index is -0.290. The summed E-state index contributed by atoms with van der Waals surface area (Å²) in [5.74, 6) is 0.971. The van der Waals surface area contributed by atoms with Gasteiger partial charge in [-0.25, -0.2) is 4.98 Å². The number of nitrogens with one attached hydrogen (secondary N) is 1. The number of nitrogens with zero attached hydrogens (tertiary/aromatic N) is 2. The monoisotopic (exact) mass is 457 g/mol. The smallest absolute Gasteiger partial charge is 0.259 e. The minimum Gasteiger partial charge on any atom is -0.489 e. The highest BCUT2D eigenvalue weighted by Crippen LogP contribution is 2.20. The molecule has 0 aliphatic carbocycles. The van der Waals surface area contributed by atoms with Crippen LogP contribution in [0.25, 0.3) is 22.6 Å². The van der Waals surface area contributed by atoms with Crippen molar-refractivity contribution in [2.45, 2.75) is 6.61 Å². The van der Waals surface area contributed by atoms with E-state index in [1.807, 2.05) is 60.7 Å². The van der Waals surface area contributed by atoms with E-state index < -0.39 is 0 Å². The number of halogens is 1. The predicted octanol–water partition coefficient (Wildman–Crippen LogP) is 5.33. The molecule has 0 saturated carbocycles. The van der Waals surface area contributed by atoms with Crippen molar-refractivity contribution in [3.05, 3.63) is 105 Å². The molecule has 0 fully saturated rings. The van der Waals surface area contributed by atoms with E-state index in [1.54, 1.807) is 18.2 Å². The van der Waals surface area contributed by atoms with Gasteiger partial charge in [-0.05, 0) is 47.5 Å². The van der Waals surface area contributed by atoms with Crippen LogP contribution >= 0.6 is 15.9 Å². The zero-order valence-corrected chi connectivity index (χ0v) is 17.4. The van der Waals surface area contributed by atoms with Crippen molar-refractivity contribution < 1.29 is 4.74 Å². The van der Waals surface area contributed by atoms with Crippen molar-refractivity contribution >= 4 is 38.5 Å². The summed E-state index contributed by atoms with van der Waals surface area (Å²) in [5.41, 5.74) is 2.41. The van der Waals surface area contributed by atoms with Crippen molar-refractivity contribution in [2.24, 2.45) is 0 Å². The molecule has 0 spiro atoms. The van der Waals surface area contributed by atoms with Crippen LogP contribution in [0.4, 0.5) is 0 Å². The highest BCUT2D eigenvalue weighted by atomic mass is 79.9. The number of nitriles is 1. The van der Waals surface area contributed by atoms with Gasteiger partial charge in [-0.2, -0.15) is 5.26 Å². The molecule has 0 aliphatic rings. The van der Waals surface area contributed by atoms with Gasteiger partial charge in [0.15, 0.2) is 5.82 Å². The van der Waals surface area contributed by atoms with Gasteiger partial charge in [-0.3, -0.25) is 4.79 Å². The van der Waals surface area contributed by atoms with Gasteiger partial charge < -0.3 is 9.72 Å². The Kier molecular flexibility index (Phi) is 5.73. The predicted molar refractivity (Wildman–Crippen MR) is 121 cm³/mol.